The molecule has 124 valence electrons. The second-order valence-electron chi connectivity index (χ2n) is 6.05. The Kier molecular flexibility index (Phi) is 5.13. The molecular weight excluding hydrogens is 310 g/mol. The van der Waals surface area contributed by atoms with E-state index in [0.717, 1.165) is 26.1 Å². The van der Waals surface area contributed by atoms with Gasteiger partial charge in [0, 0.05) is 18.4 Å². The SMILES string of the molecule is O=S(=O)(CCCN1CCC[C@@H]1Cn1cccn1)c1ccccc1. The third-order valence-electron chi connectivity index (χ3n) is 4.42. The Morgan fingerprint density at radius 3 is 2.74 bits per heavy atom. The van der Waals surface area contributed by atoms with Crippen molar-refractivity contribution >= 4 is 9.84 Å². The van der Waals surface area contributed by atoms with E-state index in [9.17, 15) is 8.42 Å². The molecule has 6 heteroatoms. The topological polar surface area (TPSA) is 55.2 Å². The third kappa shape index (κ3) is 4.20. The van der Waals surface area contributed by atoms with Crippen LogP contribution in [0.3, 0.4) is 0 Å². The van der Waals surface area contributed by atoms with Crippen LogP contribution in [0.15, 0.2) is 53.7 Å². The molecule has 3 rings (SSSR count). The largest absolute Gasteiger partial charge is 0.299 e. The molecule has 1 atom stereocenters. The van der Waals surface area contributed by atoms with Crippen LogP contribution in [0.2, 0.25) is 0 Å². The molecule has 23 heavy (non-hydrogen) atoms. The van der Waals surface area contributed by atoms with Gasteiger partial charge in [-0.1, -0.05) is 18.2 Å². The highest BCUT2D eigenvalue weighted by Gasteiger charge is 2.25. The van der Waals surface area contributed by atoms with Crippen LogP contribution in [-0.4, -0.2) is 48.0 Å². The van der Waals surface area contributed by atoms with Crippen LogP contribution in [0.25, 0.3) is 0 Å². The Balaban J connectivity index is 1.52. The zero-order chi connectivity index (χ0) is 16.1. The number of nitrogens with zero attached hydrogens (tertiary/aromatic N) is 3. The molecule has 0 saturated carbocycles. The van der Waals surface area contributed by atoms with E-state index in [1.54, 1.807) is 30.5 Å². The standard InChI is InChI=1S/C17H23N3O2S/c21-23(22,17-8-2-1-3-9-17)14-6-12-19-11-4-7-16(19)15-20-13-5-10-18-20/h1-3,5,8-10,13,16H,4,6-7,11-12,14-15H2/t16-/m1/s1. The van der Waals surface area contributed by atoms with E-state index in [2.05, 4.69) is 10.00 Å². The van der Waals surface area contributed by atoms with Crippen LogP contribution in [0, 0.1) is 0 Å². The van der Waals surface area contributed by atoms with Crippen molar-refractivity contribution in [1.82, 2.24) is 14.7 Å². The summed E-state index contributed by atoms with van der Waals surface area (Å²) >= 11 is 0. The van der Waals surface area contributed by atoms with Crippen molar-refractivity contribution < 1.29 is 8.42 Å². The fourth-order valence-electron chi connectivity index (χ4n) is 3.22. The first-order valence-electron chi connectivity index (χ1n) is 8.14. The van der Waals surface area contributed by atoms with E-state index in [1.807, 2.05) is 23.0 Å². The summed E-state index contributed by atoms with van der Waals surface area (Å²) in [6.07, 6.45) is 6.79. The maximum Gasteiger partial charge on any atom is 0.178 e. The van der Waals surface area contributed by atoms with Gasteiger partial charge in [0.25, 0.3) is 0 Å². The quantitative estimate of drug-likeness (QED) is 0.779. The van der Waals surface area contributed by atoms with Crippen LogP contribution in [0.1, 0.15) is 19.3 Å². The maximum atomic E-state index is 12.3. The van der Waals surface area contributed by atoms with Crippen LogP contribution in [-0.2, 0) is 16.4 Å². The molecule has 0 aliphatic carbocycles. The maximum absolute atomic E-state index is 12.3. The highest BCUT2D eigenvalue weighted by Crippen LogP contribution is 2.19. The third-order valence-corrected chi connectivity index (χ3v) is 6.23. The second kappa shape index (κ2) is 7.27. The molecule has 1 aromatic heterocycles. The number of sulfone groups is 1. The molecule has 2 aromatic rings. The average molecular weight is 333 g/mol. The van der Waals surface area contributed by atoms with Gasteiger partial charge in [-0.05, 0) is 50.6 Å². The van der Waals surface area contributed by atoms with Crippen molar-refractivity contribution in [2.45, 2.75) is 36.7 Å². The van der Waals surface area contributed by atoms with Crippen molar-refractivity contribution in [2.24, 2.45) is 0 Å². The lowest BCUT2D eigenvalue weighted by molar-refractivity contribution is 0.228. The van der Waals surface area contributed by atoms with Gasteiger partial charge in [0.05, 0.1) is 17.2 Å². The molecule has 1 saturated heterocycles. The molecule has 1 aliphatic rings. The first-order chi connectivity index (χ1) is 11.1. The van der Waals surface area contributed by atoms with Gasteiger partial charge in [-0.2, -0.15) is 5.10 Å². The van der Waals surface area contributed by atoms with Crippen LogP contribution in [0.4, 0.5) is 0 Å². The van der Waals surface area contributed by atoms with Crippen molar-refractivity contribution in [1.29, 1.82) is 0 Å². The number of hydrogen-bond acceptors (Lipinski definition) is 4. The zero-order valence-corrected chi connectivity index (χ0v) is 14.0. The molecule has 5 nitrogen and oxygen atoms in total. The van der Waals surface area contributed by atoms with Gasteiger partial charge in [-0.3, -0.25) is 9.58 Å². The summed E-state index contributed by atoms with van der Waals surface area (Å²) in [4.78, 5) is 2.83. The van der Waals surface area contributed by atoms with Gasteiger partial charge in [0.15, 0.2) is 9.84 Å². The number of likely N-dealkylation sites (tertiary alicyclic amines) is 1. The van der Waals surface area contributed by atoms with E-state index in [-0.39, 0.29) is 5.75 Å². The lowest BCUT2D eigenvalue weighted by Gasteiger charge is -2.24. The number of benzene rings is 1. The molecule has 1 aromatic carbocycles. The fourth-order valence-corrected chi connectivity index (χ4v) is 4.54. The fraction of sp³-hybridized carbons (Fsp3) is 0.471. The highest BCUT2D eigenvalue weighted by atomic mass is 32.2. The van der Waals surface area contributed by atoms with E-state index in [1.165, 1.54) is 6.42 Å². The Hall–Kier alpha value is -1.66. The Labute approximate surface area is 137 Å². The first-order valence-corrected chi connectivity index (χ1v) is 9.80. The van der Waals surface area contributed by atoms with Gasteiger partial charge in [0.2, 0.25) is 0 Å². The second-order valence-corrected chi connectivity index (χ2v) is 8.15. The molecular formula is C17H23N3O2S. The Morgan fingerprint density at radius 2 is 2.00 bits per heavy atom. The molecule has 1 aliphatic heterocycles. The van der Waals surface area contributed by atoms with E-state index in [4.69, 9.17) is 0 Å². The summed E-state index contributed by atoms with van der Waals surface area (Å²) in [6, 6.07) is 11.1. The Bertz CT molecular complexity index is 699. The minimum atomic E-state index is -3.16. The average Bonchev–Trinajstić information content (AvgIpc) is 3.21. The van der Waals surface area contributed by atoms with E-state index >= 15 is 0 Å². The van der Waals surface area contributed by atoms with Crippen molar-refractivity contribution in [2.75, 3.05) is 18.8 Å². The highest BCUT2D eigenvalue weighted by molar-refractivity contribution is 7.91. The van der Waals surface area contributed by atoms with Gasteiger partial charge < -0.3 is 0 Å². The normalized spacial score (nSPS) is 19.2. The number of aromatic nitrogens is 2. The summed E-state index contributed by atoms with van der Waals surface area (Å²) in [5.74, 6) is 0.210. The minimum absolute atomic E-state index is 0.210. The molecule has 0 amide bonds. The predicted molar refractivity (Wildman–Crippen MR) is 89.9 cm³/mol. The summed E-state index contributed by atoms with van der Waals surface area (Å²) in [5, 5.41) is 4.27. The van der Waals surface area contributed by atoms with Gasteiger partial charge in [0.1, 0.15) is 0 Å². The monoisotopic (exact) mass is 333 g/mol. The lowest BCUT2D eigenvalue weighted by atomic mass is 10.2. The summed E-state index contributed by atoms with van der Waals surface area (Å²) in [7, 11) is -3.16. The van der Waals surface area contributed by atoms with E-state index < -0.39 is 9.84 Å². The van der Waals surface area contributed by atoms with Crippen molar-refractivity contribution in [3.05, 3.63) is 48.8 Å². The zero-order valence-electron chi connectivity index (χ0n) is 13.2. The molecule has 0 radical (unpaired) electrons. The minimum Gasteiger partial charge on any atom is -0.299 e. The molecule has 0 bridgehead atoms. The predicted octanol–water partition coefficient (Wildman–Crippen LogP) is 2.21. The van der Waals surface area contributed by atoms with Gasteiger partial charge >= 0.3 is 0 Å². The summed E-state index contributed by atoms with van der Waals surface area (Å²) in [6.45, 7) is 2.77. The summed E-state index contributed by atoms with van der Waals surface area (Å²) < 4.78 is 26.6. The molecule has 0 spiro atoms. The van der Waals surface area contributed by atoms with Crippen LogP contribution >= 0.6 is 0 Å². The van der Waals surface area contributed by atoms with Crippen molar-refractivity contribution in [3.63, 3.8) is 0 Å². The molecule has 2 heterocycles. The van der Waals surface area contributed by atoms with Gasteiger partial charge in [-0.25, -0.2) is 8.42 Å². The lowest BCUT2D eigenvalue weighted by Crippen LogP contribution is -2.34. The van der Waals surface area contributed by atoms with Crippen molar-refractivity contribution in [3.8, 4) is 0 Å². The smallest absolute Gasteiger partial charge is 0.178 e. The van der Waals surface area contributed by atoms with Crippen LogP contribution < -0.4 is 0 Å². The number of hydrogen-bond donors (Lipinski definition) is 0. The van der Waals surface area contributed by atoms with E-state index in [0.29, 0.717) is 17.4 Å². The molecule has 0 unspecified atom stereocenters. The molecule has 0 N–H and O–H groups in total. The van der Waals surface area contributed by atoms with Crippen LogP contribution in [0.5, 0.6) is 0 Å². The Morgan fingerprint density at radius 1 is 1.17 bits per heavy atom. The van der Waals surface area contributed by atoms with Gasteiger partial charge in [-0.15, -0.1) is 0 Å². The molecule has 1 fully saturated rings. The first kappa shape index (κ1) is 16.2. The number of rotatable bonds is 7. The summed E-state index contributed by atoms with van der Waals surface area (Å²) in [5.41, 5.74) is 0.